The Balaban J connectivity index is 1.44. The first-order valence-corrected chi connectivity index (χ1v) is 8.83. The minimum atomic E-state index is -0.311. The molecule has 2 aliphatic rings. The lowest BCUT2D eigenvalue weighted by Gasteiger charge is -2.28. The summed E-state index contributed by atoms with van der Waals surface area (Å²) < 4.78 is 20.0. The monoisotopic (exact) mass is 343 g/mol. The zero-order valence-electron chi connectivity index (χ0n) is 14.1. The summed E-state index contributed by atoms with van der Waals surface area (Å²) in [5.74, 6) is 1.15. The summed E-state index contributed by atoms with van der Waals surface area (Å²) >= 11 is 0. The van der Waals surface area contributed by atoms with Crippen molar-refractivity contribution in [2.45, 2.75) is 31.7 Å². The van der Waals surface area contributed by atoms with Crippen LogP contribution in [0.1, 0.15) is 36.4 Å². The second kappa shape index (κ2) is 7.31. The number of pyridine rings is 1. The fourth-order valence-corrected chi connectivity index (χ4v) is 3.19. The second-order valence-corrected chi connectivity index (χ2v) is 6.52. The lowest BCUT2D eigenvalue weighted by molar-refractivity contribution is 0.122. The number of morpholine rings is 1. The number of hydrogen-bond donors (Lipinski definition) is 1. The van der Waals surface area contributed by atoms with Gasteiger partial charge in [0.15, 0.2) is 11.6 Å². The topological polar surface area (TPSA) is 63.2 Å². The molecule has 0 atom stereocenters. The van der Waals surface area contributed by atoms with Gasteiger partial charge in [0.1, 0.15) is 12.1 Å². The fraction of sp³-hybridized carbons (Fsp3) is 0.500. The molecule has 6 nitrogen and oxygen atoms in total. The Morgan fingerprint density at radius 1 is 1.20 bits per heavy atom. The van der Waals surface area contributed by atoms with Gasteiger partial charge in [-0.15, -0.1) is 0 Å². The largest absolute Gasteiger partial charge is 0.378 e. The van der Waals surface area contributed by atoms with Gasteiger partial charge in [0.2, 0.25) is 0 Å². The highest BCUT2D eigenvalue weighted by Crippen LogP contribution is 2.37. The number of ether oxygens (including phenoxy) is 1. The summed E-state index contributed by atoms with van der Waals surface area (Å²) in [4.78, 5) is 14.8. The fourth-order valence-electron chi connectivity index (χ4n) is 3.19. The average Bonchev–Trinajstić information content (AvgIpc) is 2.62. The number of hydrogen-bond acceptors (Lipinski definition) is 6. The van der Waals surface area contributed by atoms with Gasteiger partial charge in [0, 0.05) is 31.7 Å². The Kier molecular flexibility index (Phi) is 4.74. The number of aromatic nitrogens is 3. The average molecular weight is 343 g/mol. The van der Waals surface area contributed by atoms with E-state index in [0.29, 0.717) is 12.2 Å². The lowest BCUT2D eigenvalue weighted by atomic mass is 9.82. The van der Waals surface area contributed by atoms with E-state index in [2.05, 4.69) is 25.2 Å². The van der Waals surface area contributed by atoms with Crippen molar-refractivity contribution in [2.24, 2.45) is 0 Å². The van der Waals surface area contributed by atoms with Gasteiger partial charge in [-0.05, 0) is 30.5 Å². The SMILES string of the molecule is Fc1c(NCc2ccnc(N3CCOCC3)c2)ncnc1C1CCC1. The van der Waals surface area contributed by atoms with Gasteiger partial charge in [0.25, 0.3) is 0 Å². The Bertz CT molecular complexity index is 731. The molecule has 0 spiro atoms. The van der Waals surface area contributed by atoms with E-state index in [1.807, 2.05) is 12.1 Å². The van der Waals surface area contributed by atoms with Crippen LogP contribution >= 0.6 is 0 Å². The van der Waals surface area contributed by atoms with E-state index in [-0.39, 0.29) is 17.6 Å². The van der Waals surface area contributed by atoms with Gasteiger partial charge in [-0.1, -0.05) is 6.42 Å². The molecule has 1 aliphatic heterocycles. The predicted molar refractivity (Wildman–Crippen MR) is 93.2 cm³/mol. The minimum absolute atomic E-state index is 0.248. The highest BCUT2D eigenvalue weighted by Gasteiger charge is 2.25. The van der Waals surface area contributed by atoms with Crippen molar-refractivity contribution in [2.75, 3.05) is 36.5 Å². The first-order chi connectivity index (χ1) is 12.3. The van der Waals surface area contributed by atoms with Crippen LogP contribution in [0.4, 0.5) is 16.0 Å². The van der Waals surface area contributed by atoms with Crippen molar-refractivity contribution in [3.8, 4) is 0 Å². The Morgan fingerprint density at radius 3 is 2.80 bits per heavy atom. The summed E-state index contributed by atoms with van der Waals surface area (Å²) in [6.45, 7) is 3.63. The third-order valence-electron chi connectivity index (χ3n) is 4.91. The minimum Gasteiger partial charge on any atom is -0.378 e. The molecule has 4 rings (SSSR count). The van der Waals surface area contributed by atoms with Crippen LogP contribution in [0, 0.1) is 5.82 Å². The molecule has 0 unspecified atom stereocenters. The maximum atomic E-state index is 14.6. The first kappa shape index (κ1) is 16.2. The first-order valence-electron chi connectivity index (χ1n) is 8.83. The van der Waals surface area contributed by atoms with Crippen molar-refractivity contribution in [3.05, 3.63) is 41.7 Å². The van der Waals surface area contributed by atoms with E-state index in [1.54, 1.807) is 6.20 Å². The molecule has 2 aromatic heterocycles. The summed E-state index contributed by atoms with van der Waals surface area (Å²) in [6, 6.07) is 3.97. The molecular weight excluding hydrogens is 321 g/mol. The Labute approximate surface area is 146 Å². The van der Waals surface area contributed by atoms with E-state index in [9.17, 15) is 4.39 Å². The zero-order valence-corrected chi connectivity index (χ0v) is 14.1. The van der Waals surface area contributed by atoms with Crippen molar-refractivity contribution in [1.29, 1.82) is 0 Å². The van der Waals surface area contributed by atoms with Crippen LogP contribution in [0.15, 0.2) is 24.7 Å². The maximum absolute atomic E-state index is 14.6. The predicted octanol–water partition coefficient (Wildman–Crippen LogP) is 2.73. The molecule has 0 radical (unpaired) electrons. The molecule has 132 valence electrons. The standard InChI is InChI=1S/C18H22FN5O/c19-16-17(14-2-1-3-14)22-12-23-18(16)21-11-13-4-5-20-15(10-13)24-6-8-25-9-7-24/h4-5,10,12,14H,1-3,6-9,11H2,(H,21,22,23). The molecule has 0 bridgehead atoms. The third kappa shape index (κ3) is 3.56. The molecule has 7 heteroatoms. The second-order valence-electron chi connectivity index (χ2n) is 6.52. The van der Waals surface area contributed by atoms with Crippen LogP contribution in [-0.4, -0.2) is 41.3 Å². The van der Waals surface area contributed by atoms with Crippen molar-refractivity contribution < 1.29 is 9.13 Å². The summed E-state index contributed by atoms with van der Waals surface area (Å²) in [6.07, 6.45) is 6.42. The number of anilines is 2. The summed E-state index contributed by atoms with van der Waals surface area (Å²) in [5.41, 5.74) is 1.59. The van der Waals surface area contributed by atoms with Gasteiger partial charge in [0.05, 0.1) is 18.9 Å². The van der Waals surface area contributed by atoms with Crippen LogP contribution in [0.3, 0.4) is 0 Å². The van der Waals surface area contributed by atoms with Gasteiger partial charge in [-0.2, -0.15) is 0 Å². The Hall–Kier alpha value is -2.28. The van der Waals surface area contributed by atoms with Crippen molar-refractivity contribution in [3.63, 3.8) is 0 Å². The van der Waals surface area contributed by atoms with Gasteiger partial charge < -0.3 is 15.0 Å². The molecule has 2 fully saturated rings. The molecule has 3 heterocycles. The number of nitrogens with one attached hydrogen (secondary N) is 1. The van der Waals surface area contributed by atoms with Crippen LogP contribution in [-0.2, 0) is 11.3 Å². The van der Waals surface area contributed by atoms with Crippen LogP contribution in [0.25, 0.3) is 0 Å². The molecule has 1 saturated heterocycles. The van der Waals surface area contributed by atoms with Crippen molar-refractivity contribution in [1.82, 2.24) is 15.0 Å². The van der Waals surface area contributed by atoms with E-state index in [0.717, 1.165) is 56.9 Å². The van der Waals surface area contributed by atoms with E-state index >= 15 is 0 Å². The highest BCUT2D eigenvalue weighted by atomic mass is 19.1. The summed E-state index contributed by atoms with van der Waals surface area (Å²) in [5, 5.41) is 3.11. The van der Waals surface area contributed by atoms with Crippen molar-refractivity contribution >= 4 is 11.6 Å². The van der Waals surface area contributed by atoms with Crippen LogP contribution < -0.4 is 10.2 Å². The van der Waals surface area contributed by atoms with Gasteiger partial charge in [-0.25, -0.2) is 19.3 Å². The zero-order chi connectivity index (χ0) is 17.1. The summed E-state index contributed by atoms with van der Waals surface area (Å²) in [7, 11) is 0. The molecule has 2 aromatic rings. The number of nitrogens with zero attached hydrogens (tertiary/aromatic N) is 4. The molecule has 1 saturated carbocycles. The Morgan fingerprint density at radius 2 is 2.04 bits per heavy atom. The molecule has 0 amide bonds. The smallest absolute Gasteiger partial charge is 0.187 e. The van der Waals surface area contributed by atoms with Crippen LogP contribution in [0.2, 0.25) is 0 Å². The normalized spacial score (nSPS) is 18.0. The molecule has 25 heavy (non-hydrogen) atoms. The quantitative estimate of drug-likeness (QED) is 0.901. The maximum Gasteiger partial charge on any atom is 0.187 e. The molecule has 1 aliphatic carbocycles. The number of rotatable bonds is 5. The molecule has 1 N–H and O–H groups in total. The van der Waals surface area contributed by atoms with E-state index in [4.69, 9.17) is 4.74 Å². The van der Waals surface area contributed by atoms with Gasteiger partial charge >= 0.3 is 0 Å². The highest BCUT2D eigenvalue weighted by molar-refractivity contribution is 5.44. The third-order valence-corrected chi connectivity index (χ3v) is 4.91. The lowest BCUT2D eigenvalue weighted by Crippen LogP contribution is -2.36. The van der Waals surface area contributed by atoms with E-state index < -0.39 is 0 Å². The number of halogens is 1. The molecular formula is C18H22FN5O. The van der Waals surface area contributed by atoms with E-state index in [1.165, 1.54) is 6.33 Å². The van der Waals surface area contributed by atoms with Gasteiger partial charge in [-0.3, -0.25) is 0 Å². The molecule has 0 aromatic carbocycles. The van der Waals surface area contributed by atoms with Crippen LogP contribution in [0.5, 0.6) is 0 Å².